The first kappa shape index (κ1) is 8.44. The highest BCUT2D eigenvalue weighted by Crippen LogP contribution is 2.23. The van der Waals surface area contributed by atoms with Crippen molar-refractivity contribution < 1.29 is 4.39 Å². The average molecular weight is 181 g/mol. The number of halogens is 1. The molecule has 0 bridgehead atoms. The molecule has 1 saturated heterocycles. The van der Waals surface area contributed by atoms with Crippen LogP contribution in [-0.4, -0.2) is 23.6 Å². The van der Waals surface area contributed by atoms with Gasteiger partial charge >= 0.3 is 0 Å². The van der Waals surface area contributed by atoms with Crippen LogP contribution in [0.15, 0.2) is 18.3 Å². The van der Waals surface area contributed by atoms with Gasteiger partial charge in [0.15, 0.2) is 0 Å². The molecule has 1 aliphatic rings. The molecule has 2 heterocycles. The standard InChI is InChI=1S/C9H12FN3/c1-9(11)5-13(6-9)8-3-2-7(10)4-12-8/h2-4H,5-6,11H2,1H3. The van der Waals surface area contributed by atoms with Gasteiger partial charge in [-0.25, -0.2) is 9.37 Å². The third kappa shape index (κ3) is 1.62. The molecule has 0 aliphatic carbocycles. The summed E-state index contributed by atoms with van der Waals surface area (Å²) in [6.45, 7) is 3.56. The lowest BCUT2D eigenvalue weighted by molar-refractivity contribution is 0.362. The maximum absolute atomic E-state index is 12.5. The zero-order valence-electron chi connectivity index (χ0n) is 7.50. The Kier molecular flexibility index (Phi) is 1.73. The predicted molar refractivity (Wildman–Crippen MR) is 49.0 cm³/mol. The molecule has 2 rings (SSSR count). The number of pyridine rings is 1. The number of anilines is 1. The van der Waals surface area contributed by atoms with Crippen LogP contribution in [0.2, 0.25) is 0 Å². The van der Waals surface area contributed by atoms with E-state index in [1.54, 1.807) is 6.07 Å². The van der Waals surface area contributed by atoms with E-state index in [9.17, 15) is 4.39 Å². The van der Waals surface area contributed by atoms with Crippen molar-refractivity contribution in [2.45, 2.75) is 12.5 Å². The zero-order valence-corrected chi connectivity index (χ0v) is 7.50. The Morgan fingerprint density at radius 2 is 2.23 bits per heavy atom. The van der Waals surface area contributed by atoms with E-state index in [4.69, 9.17) is 5.73 Å². The second-order valence-electron chi connectivity index (χ2n) is 3.84. The minimum absolute atomic E-state index is 0.115. The Hall–Kier alpha value is -1.16. The molecule has 1 fully saturated rings. The van der Waals surface area contributed by atoms with Crippen LogP contribution in [-0.2, 0) is 0 Å². The topological polar surface area (TPSA) is 42.1 Å². The minimum Gasteiger partial charge on any atom is -0.353 e. The normalized spacial score (nSPS) is 19.8. The van der Waals surface area contributed by atoms with Crippen molar-refractivity contribution >= 4 is 5.82 Å². The number of nitrogens with two attached hydrogens (primary N) is 1. The molecule has 0 atom stereocenters. The molecule has 0 saturated carbocycles. The predicted octanol–water partition coefficient (Wildman–Crippen LogP) is 0.758. The quantitative estimate of drug-likeness (QED) is 0.695. The number of hydrogen-bond donors (Lipinski definition) is 1. The van der Waals surface area contributed by atoms with Gasteiger partial charge in [-0.15, -0.1) is 0 Å². The van der Waals surface area contributed by atoms with Crippen molar-refractivity contribution in [3.8, 4) is 0 Å². The van der Waals surface area contributed by atoms with Crippen LogP contribution < -0.4 is 10.6 Å². The lowest BCUT2D eigenvalue weighted by atomic mass is 9.94. The summed E-state index contributed by atoms with van der Waals surface area (Å²) in [4.78, 5) is 5.99. The van der Waals surface area contributed by atoms with Gasteiger partial charge in [0.25, 0.3) is 0 Å². The Bertz CT molecular complexity index is 299. The molecule has 3 nitrogen and oxygen atoms in total. The van der Waals surface area contributed by atoms with E-state index in [1.165, 1.54) is 12.3 Å². The summed E-state index contributed by atoms with van der Waals surface area (Å²) in [5.74, 6) is 0.490. The maximum Gasteiger partial charge on any atom is 0.141 e. The lowest BCUT2D eigenvalue weighted by Crippen LogP contribution is -2.65. The van der Waals surface area contributed by atoms with Crippen LogP contribution in [0.5, 0.6) is 0 Å². The van der Waals surface area contributed by atoms with Crippen LogP contribution in [0.3, 0.4) is 0 Å². The maximum atomic E-state index is 12.5. The lowest BCUT2D eigenvalue weighted by Gasteiger charge is -2.46. The third-order valence-corrected chi connectivity index (χ3v) is 2.14. The van der Waals surface area contributed by atoms with Crippen LogP contribution in [0.1, 0.15) is 6.92 Å². The molecule has 4 heteroatoms. The van der Waals surface area contributed by atoms with E-state index in [0.717, 1.165) is 18.9 Å². The molecule has 0 radical (unpaired) electrons. The molecule has 0 aromatic carbocycles. The van der Waals surface area contributed by atoms with Gasteiger partial charge in [-0.3, -0.25) is 0 Å². The van der Waals surface area contributed by atoms with E-state index < -0.39 is 0 Å². The summed E-state index contributed by atoms with van der Waals surface area (Å²) in [6, 6.07) is 3.08. The Labute approximate surface area is 76.4 Å². The average Bonchev–Trinajstić information content (AvgIpc) is 2.01. The molecular formula is C9H12FN3. The first-order valence-electron chi connectivity index (χ1n) is 4.22. The highest BCUT2D eigenvalue weighted by molar-refractivity contribution is 5.43. The van der Waals surface area contributed by atoms with Crippen LogP contribution >= 0.6 is 0 Å². The van der Waals surface area contributed by atoms with Gasteiger partial charge in [0, 0.05) is 18.6 Å². The monoisotopic (exact) mass is 181 g/mol. The van der Waals surface area contributed by atoms with Crippen molar-refractivity contribution in [3.63, 3.8) is 0 Å². The third-order valence-electron chi connectivity index (χ3n) is 2.14. The van der Waals surface area contributed by atoms with Gasteiger partial charge in [-0.2, -0.15) is 0 Å². The largest absolute Gasteiger partial charge is 0.353 e. The van der Waals surface area contributed by atoms with Crippen molar-refractivity contribution in [3.05, 3.63) is 24.1 Å². The second kappa shape index (κ2) is 2.67. The van der Waals surface area contributed by atoms with Crippen molar-refractivity contribution in [1.82, 2.24) is 4.98 Å². The summed E-state index contributed by atoms with van der Waals surface area (Å²) in [5, 5.41) is 0. The van der Waals surface area contributed by atoms with Crippen molar-refractivity contribution in [2.24, 2.45) is 5.73 Å². The molecule has 0 unspecified atom stereocenters. The fraction of sp³-hybridized carbons (Fsp3) is 0.444. The van der Waals surface area contributed by atoms with E-state index in [-0.39, 0.29) is 11.4 Å². The Balaban J connectivity index is 2.08. The zero-order chi connectivity index (χ0) is 9.47. The van der Waals surface area contributed by atoms with Crippen molar-refractivity contribution in [2.75, 3.05) is 18.0 Å². The molecule has 1 aliphatic heterocycles. The first-order valence-corrected chi connectivity index (χ1v) is 4.22. The highest BCUT2D eigenvalue weighted by atomic mass is 19.1. The summed E-state index contributed by atoms with van der Waals surface area (Å²) >= 11 is 0. The fourth-order valence-electron chi connectivity index (χ4n) is 1.54. The number of hydrogen-bond acceptors (Lipinski definition) is 3. The second-order valence-corrected chi connectivity index (χ2v) is 3.84. The van der Waals surface area contributed by atoms with Crippen LogP contribution in [0, 0.1) is 5.82 Å². The van der Waals surface area contributed by atoms with Gasteiger partial charge < -0.3 is 10.6 Å². The van der Waals surface area contributed by atoms with E-state index in [2.05, 4.69) is 4.98 Å². The summed E-state index contributed by atoms with van der Waals surface area (Å²) in [7, 11) is 0. The fourth-order valence-corrected chi connectivity index (χ4v) is 1.54. The van der Waals surface area contributed by atoms with Gasteiger partial charge in [0.2, 0.25) is 0 Å². The SMILES string of the molecule is CC1(N)CN(c2ccc(F)cn2)C1. The Morgan fingerprint density at radius 1 is 1.54 bits per heavy atom. The highest BCUT2D eigenvalue weighted by Gasteiger charge is 2.35. The van der Waals surface area contributed by atoms with Crippen LogP contribution in [0.4, 0.5) is 10.2 Å². The van der Waals surface area contributed by atoms with Gasteiger partial charge in [-0.1, -0.05) is 0 Å². The van der Waals surface area contributed by atoms with Crippen molar-refractivity contribution in [1.29, 1.82) is 0 Å². The van der Waals surface area contributed by atoms with Crippen LogP contribution in [0.25, 0.3) is 0 Å². The number of nitrogens with zero attached hydrogens (tertiary/aromatic N) is 2. The molecule has 0 amide bonds. The minimum atomic E-state index is -0.306. The number of rotatable bonds is 1. The number of aromatic nitrogens is 1. The molecule has 1 aromatic rings. The Morgan fingerprint density at radius 3 is 2.69 bits per heavy atom. The molecule has 1 aromatic heterocycles. The van der Waals surface area contributed by atoms with Gasteiger partial charge in [-0.05, 0) is 19.1 Å². The van der Waals surface area contributed by atoms with E-state index >= 15 is 0 Å². The van der Waals surface area contributed by atoms with E-state index in [1.807, 2.05) is 11.8 Å². The summed E-state index contributed by atoms with van der Waals surface area (Å²) < 4.78 is 12.5. The van der Waals surface area contributed by atoms with Gasteiger partial charge in [0.1, 0.15) is 11.6 Å². The first-order chi connectivity index (χ1) is 6.07. The molecular weight excluding hydrogens is 169 g/mol. The molecule has 0 spiro atoms. The van der Waals surface area contributed by atoms with E-state index in [0.29, 0.717) is 0 Å². The molecule has 13 heavy (non-hydrogen) atoms. The summed E-state index contributed by atoms with van der Waals surface area (Å²) in [6.07, 6.45) is 1.22. The molecule has 70 valence electrons. The molecule has 2 N–H and O–H groups in total. The smallest absolute Gasteiger partial charge is 0.141 e. The van der Waals surface area contributed by atoms with Gasteiger partial charge in [0.05, 0.1) is 6.20 Å². The summed E-state index contributed by atoms with van der Waals surface area (Å²) in [5.41, 5.74) is 5.72.